The van der Waals surface area contributed by atoms with E-state index >= 15 is 0 Å². The average molecular weight is 366 g/mol. The number of hydrogen-bond donors (Lipinski definition) is 1. The minimum Gasteiger partial charge on any atom is -0.384 e. The van der Waals surface area contributed by atoms with Crippen LogP contribution in [-0.4, -0.2) is 31.4 Å². The van der Waals surface area contributed by atoms with Crippen molar-refractivity contribution in [2.75, 3.05) is 18.1 Å². The lowest BCUT2D eigenvalue weighted by Crippen LogP contribution is -2.13. The molecule has 24 heavy (non-hydrogen) atoms. The molecule has 0 bridgehead atoms. The third kappa shape index (κ3) is 4.97. The van der Waals surface area contributed by atoms with Gasteiger partial charge in [0.2, 0.25) is 0 Å². The summed E-state index contributed by atoms with van der Waals surface area (Å²) in [6.07, 6.45) is 0.965. The van der Waals surface area contributed by atoms with Gasteiger partial charge in [-0.2, -0.15) is 0 Å². The van der Waals surface area contributed by atoms with Crippen LogP contribution in [0.2, 0.25) is 0 Å². The van der Waals surface area contributed by atoms with Crippen LogP contribution in [0.5, 0.6) is 0 Å². The number of nitrogens with zero attached hydrogens (tertiary/aromatic N) is 1. The van der Waals surface area contributed by atoms with Crippen LogP contribution in [0.3, 0.4) is 0 Å². The van der Waals surface area contributed by atoms with E-state index in [0.29, 0.717) is 12.2 Å². The van der Waals surface area contributed by atoms with Crippen LogP contribution in [0.25, 0.3) is 0 Å². The Morgan fingerprint density at radius 3 is 2.46 bits per heavy atom. The summed E-state index contributed by atoms with van der Waals surface area (Å²) in [5.74, 6) is 0. The quantitative estimate of drug-likeness (QED) is 0.457. The Kier molecular flexibility index (Phi) is 5.84. The number of sulfone groups is 1. The zero-order valence-corrected chi connectivity index (χ0v) is 14.9. The second-order valence-electron chi connectivity index (χ2n) is 5.33. The Hall–Kier alpha value is -2.06. The van der Waals surface area contributed by atoms with Crippen LogP contribution < -0.4 is 5.32 Å². The fraction of sp³-hybridized carbons (Fsp3) is 0.250. The molecule has 2 aromatic rings. The molecular formula is C16H18N2O4S2. The highest BCUT2D eigenvalue weighted by Crippen LogP contribution is 2.28. The third-order valence-electron chi connectivity index (χ3n) is 3.23. The fourth-order valence-electron chi connectivity index (χ4n) is 2.11. The van der Waals surface area contributed by atoms with E-state index in [4.69, 9.17) is 0 Å². The molecule has 0 aliphatic carbocycles. The number of anilines is 1. The van der Waals surface area contributed by atoms with E-state index in [2.05, 4.69) is 5.32 Å². The first-order valence-corrected chi connectivity index (χ1v) is 9.98. The number of nitro benzene ring substituents is 1. The highest BCUT2D eigenvalue weighted by Gasteiger charge is 2.22. The van der Waals surface area contributed by atoms with Crippen molar-refractivity contribution in [1.82, 2.24) is 0 Å². The van der Waals surface area contributed by atoms with Gasteiger partial charge < -0.3 is 5.32 Å². The molecule has 0 fully saturated rings. The van der Waals surface area contributed by atoms with Gasteiger partial charge in [0.15, 0.2) is 9.84 Å². The standard InChI is InChI=1S/C16H18N2O4S2/c1-12(23-14-6-4-3-5-7-14)11-17-13-8-9-15(18(19)20)16(10-13)24(2,21)22/h3-10,12,17H,11H2,1-2H3. The lowest BCUT2D eigenvalue weighted by Gasteiger charge is -2.14. The van der Waals surface area contributed by atoms with Gasteiger partial charge in [-0.3, -0.25) is 10.1 Å². The van der Waals surface area contributed by atoms with E-state index in [-0.39, 0.29) is 10.1 Å². The molecule has 1 N–H and O–H groups in total. The summed E-state index contributed by atoms with van der Waals surface area (Å²) in [6, 6.07) is 14.0. The van der Waals surface area contributed by atoms with Gasteiger partial charge in [0.1, 0.15) is 4.90 Å². The number of nitro groups is 1. The number of thioether (sulfide) groups is 1. The van der Waals surface area contributed by atoms with Crippen molar-refractivity contribution in [3.63, 3.8) is 0 Å². The normalized spacial score (nSPS) is 12.6. The van der Waals surface area contributed by atoms with Gasteiger partial charge in [-0.1, -0.05) is 25.1 Å². The Balaban J connectivity index is 2.09. The van der Waals surface area contributed by atoms with Crippen molar-refractivity contribution >= 4 is 33.0 Å². The molecule has 1 atom stereocenters. The van der Waals surface area contributed by atoms with Crippen molar-refractivity contribution in [3.05, 3.63) is 58.6 Å². The Morgan fingerprint density at radius 1 is 1.21 bits per heavy atom. The maximum Gasteiger partial charge on any atom is 0.288 e. The van der Waals surface area contributed by atoms with Gasteiger partial charge in [0.25, 0.3) is 5.69 Å². The number of rotatable bonds is 7. The monoisotopic (exact) mass is 366 g/mol. The van der Waals surface area contributed by atoms with Crippen LogP contribution in [0, 0.1) is 10.1 Å². The van der Waals surface area contributed by atoms with E-state index in [0.717, 1.165) is 11.2 Å². The molecule has 2 aromatic carbocycles. The SMILES string of the molecule is CC(CNc1ccc([N+](=O)[O-])c(S(C)(=O)=O)c1)Sc1ccccc1. The number of benzene rings is 2. The number of nitrogens with one attached hydrogen (secondary N) is 1. The minimum atomic E-state index is -3.67. The Labute approximate surface area is 145 Å². The van der Waals surface area contributed by atoms with Crippen LogP contribution >= 0.6 is 11.8 Å². The molecule has 0 heterocycles. The largest absolute Gasteiger partial charge is 0.384 e. The molecule has 0 saturated heterocycles. The van der Waals surface area contributed by atoms with Crippen molar-refractivity contribution in [2.45, 2.75) is 22.0 Å². The van der Waals surface area contributed by atoms with Crippen molar-refractivity contribution in [3.8, 4) is 0 Å². The predicted octanol–water partition coefficient (Wildman–Crippen LogP) is 3.59. The molecule has 2 rings (SSSR count). The van der Waals surface area contributed by atoms with Crippen molar-refractivity contribution in [1.29, 1.82) is 0 Å². The van der Waals surface area contributed by atoms with E-state index in [1.165, 1.54) is 18.2 Å². The van der Waals surface area contributed by atoms with Gasteiger partial charge in [-0.25, -0.2) is 8.42 Å². The van der Waals surface area contributed by atoms with E-state index in [9.17, 15) is 18.5 Å². The van der Waals surface area contributed by atoms with Crippen molar-refractivity contribution < 1.29 is 13.3 Å². The lowest BCUT2D eigenvalue weighted by molar-refractivity contribution is -0.387. The summed E-state index contributed by atoms with van der Waals surface area (Å²) in [6.45, 7) is 2.65. The van der Waals surface area contributed by atoms with Gasteiger partial charge in [0, 0.05) is 34.7 Å². The smallest absolute Gasteiger partial charge is 0.288 e. The molecule has 128 valence electrons. The first-order chi connectivity index (χ1) is 11.3. The highest BCUT2D eigenvalue weighted by molar-refractivity contribution is 8.00. The zero-order valence-electron chi connectivity index (χ0n) is 13.3. The van der Waals surface area contributed by atoms with Gasteiger partial charge in [0.05, 0.1) is 4.92 Å². The molecule has 0 spiro atoms. The molecule has 8 heteroatoms. The lowest BCUT2D eigenvalue weighted by atomic mass is 10.2. The third-order valence-corrected chi connectivity index (χ3v) is 5.47. The van der Waals surface area contributed by atoms with E-state index in [1.54, 1.807) is 11.8 Å². The van der Waals surface area contributed by atoms with Crippen molar-refractivity contribution in [2.24, 2.45) is 0 Å². The second-order valence-corrected chi connectivity index (χ2v) is 8.83. The summed E-state index contributed by atoms with van der Waals surface area (Å²) in [7, 11) is -3.67. The maximum atomic E-state index is 11.8. The van der Waals surface area contributed by atoms with Gasteiger partial charge in [-0.15, -0.1) is 11.8 Å². The molecule has 0 aromatic heterocycles. The summed E-state index contributed by atoms with van der Waals surface area (Å²) in [5, 5.41) is 14.3. The maximum absolute atomic E-state index is 11.8. The molecule has 0 amide bonds. The van der Waals surface area contributed by atoms with Crippen LogP contribution in [-0.2, 0) is 9.84 Å². The van der Waals surface area contributed by atoms with Gasteiger partial charge >= 0.3 is 0 Å². The van der Waals surface area contributed by atoms with E-state index < -0.39 is 20.4 Å². The molecular weight excluding hydrogens is 348 g/mol. The highest BCUT2D eigenvalue weighted by atomic mass is 32.2. The molecule has 6 nitrogen and oxygen atoms in total. The second kappa shape index (κ2) is 7.67. The molecule has 1 unspecified atom stereocenters. The van der Waals surface area contributed by atoms with Crippen LogP contribution in [0.15, 0.2) is 58.3 Å². The Morgan fingerprint density at radius 2 is 1.88 bits per heavy atom. The fourth-order valence-corrected chi connectivity index (χ4v) is 3.92. The van der Waals surface area contributed by atoms with E-state index in [1.807, 2.05) is 37.3 Å². The molecule has 0 aliphatic rings. The molecule has 0 radical (unpaired) electrons. The molecule has 0 aliphatic heterocycles. The first kappa shape index (κ1) is 18.3. The summed E-state index contributed by atoms with van der Waals surface area (Å²) < 4.78 is 23.5. The average Bonchev–Trinajstić information content (AvgIpc) is 2.52. The molecule has 0 saturated carbocycles. The predicted molar refractivity (Wildman–Crippen MR) is 96.5 cm³/mol. The first-order valence-electron chi connectivity index (χ1n) is 7.21. The van der Waals surface area contributed by atoms with Crippen LogP contribution in [0.4, 0.5) is 11.4 Å². The number of hydrogen-bond acceptors (Lipinski definition) is 6. The topological polar surface area (TPSA) is 89.3 Å². The van der Waals surface area contributed by atoms with Gasteiger partial charge in [-0.05, 0) is 24.3 Å². The summed E-state index contributed by atoms with van der Waals surface area (Å²) in [5.41, 5.74) is 0.135. The van der Waals surface area contributed by atoms with Crippen LogP contribution in [0.1, 0.15) is 6.92 Å². The minimum absolute atomic E-state index is 0.240. The summed E-state index contributed by atoms with van der Waals surface area (Å²) >= 11 is 1.69. The zero-order chi connectivity index (χ0) is 17.7. The summed E-state index contributed by atoms with van der Waals surface area (Å²) in [4.78, 5) is 11.1. The Bertz CT molecular complexity index is 823.